The summed E-state index contributed by atoms with van der Waals surface area (Å²) in [5.74, 6) is 0.108. The first-order valence-electron chi connectivity index (χ1n) is 6.32. The van der Waals surface area contributed by atoms with Crippen LogP contribution in [0.2, 0.25) is 0 Å². The van der Waals surface area contributed by atoms with Crippen LogP contribution in [0.1, 0.15) is 31.4 Å². The number of amides is 1. The van der Waals surface area contributed by atoms with E-state index in [2.05, 4.69) is 29.7 Å². The summed E-state index contributed by atoms with van der Waals surface area (Å²) in [7, 11) is 0. The van der Waals surface area contributed by atoms with Crippen molar-refractivity contribution in [1.29, 1.82) is 0 Å². The van der Waals surface area contributed by atoms with Crippen LogP contribution in [0, 0.1) is 0 Å². The third-order valence-electron chi connectivity index (χ3n) is 2.75. The van der Waals surface area contributed by atoms with Crippen molar-refractivity contribution in [2.24, 2.45) is 0 Å². The maximum Gasteiger partial charge on any atom is 0.221 e. The van der Waals surface area contributed by atoms with E-state index in [0.29, 0.717) is 13.0 Å². The van der Waals surface area contributed by atoms with Crippen molar-refractivity contribution in [3.05, 3.63) is 35.4 Å². The largest absolute Gasteiger partial charge is 0.352 e. The highest BCUT2D eigenvalue weighted by Crippen LogP contribution is 2.08. The Kier molecular flexibility index (Phi) is 6.33. The summed E-state index contributed by atoms with van der Waals surface area (Å²) in [6.45, 7) is 6.46. The molecule has 0 aliphatic heterocycles. The molecule has 0 saturated carbocycles. The van der Waals surface area contributed by atoms with Crippen LogP contribution in [0.15, 0.2) is 24.3 Å². The van der Waals surface area contributed by atoms with Crippen molar-refractivity contribution < 1.29 is 4.79 Å². The predicted molar refractivity (Wildman–Crippen MR) is 70.8 cm³/mol. The number of aryl methyl sites for hydroxylation is 1. The highest BCUT2D eigenvalue weighted by atomic mass is 16.1. The Morgan fingerprint density at radius 2 is 1.88 bits per heavy atom. The minimum absolute atomic E-state index is 0.108. The van der Waals surface area contributed by atoms with Crippen molar-refractivity contribution >= 4 is 5.91 Å². The highest BCUT2D eigenvalue weighted by Gasteiger charge is 2.03. The number of hydrogen-bond acceptors (Lipinski definition) is 2. The van der Waals surface area contributed by atoms with Gasteiger partial charge < -0.3 is 10.6 Å². The zero-order valence-corrected chi connectivity index (χ0v) is 10.8. The van der Waals surface area contributed by atoms with Crippen molar-refractivity contribution in [3.8, 4) is 0 Å². The quantitative estimate of drug-likeness (QED) is 0.707. The monoisotopic (exact) mass is 234 g/mol. The van der Waals surface area contributed by atoms with E-state index in [9.17, 15) is 4.79 Å². The smallest absolute Gasteiger partial charge is 0.221 e. The van der Waals surface area contributed by atoms with Gasteiger partial charge in [-0.25, -0.2) is 0 Å². The standard InChI is InChI=1S/C14H22N2O/c1-3-12-7-5-6-8-13(12)11-16-14(17)9-10-15-4-2/h5-8,15H,3-4,9-11H2,1-2H3,(H,16,17). The molecule has 1 aromatic carbocycles. The van der Waals surface area contributed by atoms with E-state index in [1.165, 1.54) is 11.1 Å². The van der Waals surface area contributed by atoms with Gasteiger partial charge in [0, 0.05) is 19.5 Å². The maximum absolute atomic E-state index is 11.5. The number of rotatable bonds is 7. The van der Waals surface area contributed by atoms with Crippen LogP contribution in [-0.2, 0) is 17.8 Å². The summed E-state index contributed by atoms with van der Waals surface area (Å²) >= 11 is 0. The predicted octanol–water partition coefficient (Wildman–Crippen LogP) is 1.86. The summed E-state index contributed by atoms with van der Waals surface area (Å²) in [6.07, 6.45) is 1.55. The van der Waals surface area contributed by atoms with Crippen molar-refractivity contribution in [3.63, 3.8) is 0 Å². The second-order valence-corrected chi connectivity index (χ2v) is 4.00. The van der Waals surface area contributed by atoms with Crippen LogP contribution >= 0.6 is 0 Å². The molecule has 0 aromatic heterocycles. The van der Waals surface area contributed by atoms with Gasteiger partial charge in [-0.2, -0.15) is 0 Å². The molecule has 0 aliphatic carbocycles. The van der Waals surface area contributed by atoms with Crippen LogP contribution in [0.3, 0.4) is 0 Å². The molecule has 0 radical (unpaired) electrons. The number of nitrogens with one attached hydrogen (secondary N) is 2. The zero-order valence-electron chi connectivity index (χ0n) is 10.8. The van der Waals surface area contributed by atoms with Crippen LogP contribution in [0.4, 0.5) is 0 Å². The molecule has 94 valence electrons. The van der Waals surface area contributed by atoms with Gasteiger partial charge in [0.2, 0.25) is 5.91 Å². The second kappa shape index (κ2) is 7.85. The number of benzene rings is 1. The number of carbonyl (C=O) groups excluding carboxylic acids is 1. The Morgan fingerprint density at radius 1 is 1.18 bits per heavy atom. The summed E-state index contributed by atoms with van der Waals surface area (Å²) in [5.41, 5.74) is 2.52. The lowest BCUT2D eigenvalue weighted by atomic mass is 10.1. The van der Waals surface area contributed by atoms with Crippen molar-refractivity contribution in [2.45, 2.75) is 33.2 Å². The number of hydrogen-bond donors (Lipinski definition) is 2. The lowest BCUT2D eigenvalue weighted by Gasteiger charge is -2.09. The molecule has 0 bridgehead atoms. The van der Waals surface area contributed by atoms with E-state index in [4.69, 9.17) is 0 Å². The van der Waals surface area contributed by atoms with E-state index in [0.717, 1.165) is 19.5 Å². The molecule has 17 heavy (non-hydrogen) atoms. The number of carbonyl (C=O) groups is 1. The molecule has 0 spiro atoms. The van der Waals surface area contributed by atoms with E-state index < -0.39 is 0 Å². The molecule has 0 saturated heterocycles. The average Bonchev–Trinajstić information content (AvgIpc) is 2.37. The van der Waals surface area contributed by atoms with Gasteiger partial charge in [0.05, 0.1) is 0 Å². The normalized spacial score (nSPS) is 10.2. The maximum atomic E-state index is 11.5. The van der Waals surface area contributed by atoms with Crippen LogP contribution < -0.4 is 10.6 Å². The van der Waals surface area contributed by atoms with Gasteiger partial charge in [0.25, 0.3) is 0 Å². The molecule has 2 N–H and O–H groups in total. The first-order chi connectivity index (χ1) is 8.27. The minimum atomic E-state index is 0.108. The average molecular weight is 234 g/mol. The molecule has 3 heteroatoms. The molecule has 1 amide bonds. The molecular formula is C14H22N2O. The van der Waals surface area contributed by atoms with Gasteiger partial charge in [0.1, 0.15) is 0 Å². The first kappa shape index (κ1) is 13.7. The highest BCUT2D eigenvalue weighted by molar-refractivity contribution is 5.76. The molecule has 0 fully saturated rings. The molecule has 0 aliphatic rings. The van der Waals surface area contributed by atoms with Crippen LogP contribution in [-0.4, -0.2) is 19.0 Å². The Labute approximate surface area is 104 Å². The molecule has 3 nitrogen and oxygen atoms in total. The third kappa shape index (κ3) is 5.00. The summed E-state index contributed by atoms with van der Waals surface area (Å²) in [4.78, 5) is 11.5. The van der Waals surface area contributed by atoms with Gasteiger partial charge in [-0.15, -0.1) is 0 Å². The first-order valence-corrected chi connectivity index (χ1v) is 6.32. The topological polar surface area (TPSA) is 41.1 Å². The molecule has 0 heterocycles. The van der Waals surface area contributed by atoms with E-state index in [1.807, 2.05) is 19.1 Å². The van der Waals surface area contributed by atoms with Gasteiger partial charge in [-0.3, -0.25) is 4.79 Å². The fourth-order valence-electron chi connectivity index (χ4n) is 1.74. The van der Waals surface area contributed by atoms with E-state index in [1.54, 1.807) is 0 Å². The van der Waals surface area contributed by atoms with Crippen molar-refractivity contribution in [2.75, 3.05) is 13.1 Å². The fourth-order valence-corrected chi connectivity index (χ4v) is 1.74. The molecular weight excluding hydrogens is 212 g/mol. The third-order valence-corrected chi connectivity index (χ3v) is 2.75. The molecule has 1 aromatic rings. The fraction of sp³-hybridized carbons (Fsp3) is 0.500. The van der Waals surface area contributed by atoms with Gasteiger partial charge in [-0.1, -0.05) is 38.1 Å². The van der Waals surface area contributed by atoms with Gasteiger partial charge in [0.15, 0.2) is 0 Å². The lowest BCUT2D eigenvalue weighted by molar-refractivity contribution is -0.121. The van der Waals surface area contributed by atoms with Gasteiger partial charge in [-0.05, 0) is 24.1 Å². The lowest BCUT2D eigenvalue weighted by Crippen LogP contribution is -2.27. The van der Waals surface area contributed by atoms with Crippen LogP contribution in [0.5, 0.6) is 0 Å². The Hall–Kier alpha value is -1.35. The Morgan fingerprint density at radius 3 is 2.53 bits per heavy atom. The second-order valence-electron chi connectivity index (χ2n) is 4.00. The van der Waals surface area contributed by atoms with Crippen molar-refractivity contribution in [1.82, 2.24) is 10.6 Å². The molecule has 0 atom stereocenters. The molecule has 1 rings (SSSR count). The summed E-state index contributed by atoms with van der Waals surface area (Å²) in [5, 5.41) is 6.09. The summed E-state index contributed by atoms with van der Waals surface area (Å²) < 4.78 is 0. The minimum Gasteiger partial charge on any atom is -0.352 e. The van der Waals surface area contributed by atoms with E-state index >= 15 is 0 Å². The Balaban J connectivity index is 2.36. The Bertz CT molecular complexity index is 350. The van der Waals surface area contributed by atoms with Crippen LogP contribution in [0.25, 0.3) is 0 Å². The van der Waals surface area contributed by atoms with Gasteiger partial charge >= 0.3 is 0 Å². The summed E-state index contributed by atoms with van der Waals surface area (Å²) in [6, 6.07) is 8.23. The zero-order chi connectivity index (χ0) is 12.5. The molecule has 0 unspecified atom stereocenters. The SMILES string of the molecule is CCNCCC(=O)NCc1ccccc1CC. The van der Waals surface area contributed by atoms with E-state index in [-0.39, 0.29) is 5.91 Å².